The second-order valence-corrected chi connectivity index (χ2v) is 8.50. The Hall–Kier alpha value is -3.52. The summed E-state index contributed by atoms with van der Waals surface area (Å²) in [5.74, 6) is 0.127. The summed E-state index contributed by atoms with van der Waals surface area (Å²) >= 11 is 0. The van der Waals surface area contributed by atoms with Crippen molar-refractivity contribution in [1.29, 1.82) is 0 Å². The molecule has 0 spiro atoms. The summed E-state index contributed by atoms with van der Waals surface area (Å²) in [5, 5.41) is 7.98. The molecule has 0 aliphatic carbocycles. The van der Waals surface area contributed by atoms with E-state index in [9.17, 15) is 9.59 Å². The largest absolute Gasteiger partial charge is 0.467 e. The van der Waals surface area contributed by atoms with Gasteiger partial charge in [-0.05, 0) is 31.0 Å². The second-order valence-electron chi connectivity index (χ2n) is 8.50. The van der Waals surface area contributed by atoms with Crippen molar-refractivity contribution >= 4 is 36.3 Å². The molecule has 0 aliphatic rings. The number of methoxy groups -OCH3 is 1. The van der Waals surface area contributed by atoms with Gasteiger partial charge in [0.05, 0.1) is 7.11 Å². The molecule has 184 valence electrons. The molecule has 1 atom stereocenters. The van der Waals surface area contributed by atoms with E-state index < -0.39 is 12.0 Å². The number of amides is 1. The molecule has 2 heterocycles. The zero-order chi connectivity index (χ0) is 24.1. The molecular weight excluding hydrogens is 462 g/mol. The van der Waals surface area contributed by atoms with E-state index in [1.54, 1.807) is 0 Å². The summed E-state index contributed by atoms with van der Waals surface area (Å²) in [6.07, 6.45) is 4.05. The first-order valence-corrected chi connectivity index (χ1v) is 11.4. The number of esters is 1. The van der Waals surface area contributed by atoms with Gasteiger partial charge in [-0.15, -0.1) is 0 Å². The van der Waals surface area contributed by atoms with E-state index in [1.165, 1.54) is 19.6 Å². The van der Waals surface area contributed by atoms with Crippen LogP contribution in [0.3, 0.4) is 0 Å². The Bertz CT molecular complexity index is 1310. The third-order valence-electron chi connectivity index (χ3n) is 5.85. The molecule has 0 radical (unpaired) electrons. The van der Waals surface area contributed by atoms with Crippen LogP contribution in [0.5, 0.6) is 0 Å². The highest BCUT2D eigenvalue weighted by Crippen LogP contribution is 2.24. The Labute approximate surface area is 211 Å². The van der Waals surface area contributed by atoms with Gasteiger partial charge >= 0.3 is 5.97 Å². The molecule has 0 saturated carbocycles. The molecule has 1 amide bonds. The summed E-state index contributed by atoms with van der Waals surface area (Å²) in [5.41, 5.74) is 5.16. The first kappa shape index (κ1) is 26.1. The Kier molecular flexibility index (Phi) is 8.76. The van der Waals surface area contributed by atoms with E-state index in [0.29, 0.717) is 6.42 Å². The first-order chi connectivity index (χ1) is 16.4. The monoisotopic (exact) mass is 493 g/mol. The Morgan fingerprint density at radius 2 is 1.94 bits per heavy atom. The fourth-order valence-corrected chi connectivity index (χ4v) is 4.27. The lowest BCUT2D eigenvalue weighted by Gasteiger charge is -2.14. The minimum absolute atomic E-state index is 0. The fourth-order valence-electron chi connectivity index (χ4n) is 4.27. The van der Waals surface area contributed by atoms with Gasteiger partial charge in [0.15, 0.2) is 0 Å². The number of fused-ring (bicyclic) bond motifs is 1. The number of aryl methyl sites for hydroxylation is 3. The van der Waals surface area contributed by atoms with E-state index >= 15 is 0 Å². The van der Waals surface area contributed by atoms with E-state index in [-0.39, 0.29) is 19.4 Å². The van der Waals surface area contributed by atoms with Crippen LogP contribution in [0.25, 0.3) is 22.2 Å². The third-order valence-corrected chi connectivity index (χ3v) is 5.85. The van der Waals surface area contributed by atoms with Gasteiger partial charge in [-0.1, -0.05) is 47.1 Å². The number of hydrogen-bond acceptors (Lipinski definition) is 5. The lowest BCUT2D eigenvalue weighted by molar-refractivity contribution is -0.144. The van der Waals surface area contributed by atoms with Crippen LogP contribution in [0.2, 0.25) is 0 Å². The minimum atomic E-state index is -0.726. The van der Waals surface area contributed by atoms with E-state index in [1.807, 2.05) is 36.4 Å². The van der Waals surface area contributed by atoms with Crippen LogP contribution < -0.4 is 5.32 Å². The predicted molar refractivity (Wildman–Crippen MR) is 141 cm³/mol. The van der Waals surface area contributed by atoms with Crippen LogP contribution in [-0.2, 0) is 33.7 Å². The van der Waals surface area contributed by atoms with Gasteiger partial charge < -0.3 is 19.1 Å². The normalized spacial score (nSPS) is 11.6. The molecule has 0 saturated heterocycles. The molecule has 2 aromatic heterocycles. The molecule has 1 N–H and O–H groups in total. The van der Waals surface area contributed by atoms with Crippen molar-refractivity contribution in [3.63, 3.8) is 0 Å². The molecule has 4 rings (SSSR count). The number of nitrogens with zero attached hydrogens (tertiary/aromatic N) is 2. The van der Waals surface area contributed by atoms with Gasteiger partial charge in [0.2, 0.25) is 5.91 Å². The predicted octanol–water partition coefficient (Wildman–Crippen LogP) is 4.57. The van der Waals surface area contributed by atoms with E-state index in [4.69, 9.17) is 9.26 Å². The summed E-state index contributed by atoms with van der Waals surface area (Å²) in [6, 6.07) is 17.6. The van der Waals surface area contributed by atoms with Gasteiger partial charge in [-0.2, -0.15) is 13.5 Å². The third kappa shape index (κ3) is 6.33. The average molecular weight is 494 g/mol. The molecule has 0 bridgehead atoms. The molecule has 7 nitrogen and oxygen atoms in total. The molecular formula is C27H31N3O4S. The number of hydrogen-bond donors (Lipinski definition) is 1. The maximum atomic E-state index is 12.2. The van der Waals surface area contributed by atoms with E-state index in [2.05, 4.69) is 46.4 Å². The number of carbonyl (C=O) groups excluding carboxylic acids is 2. The SMILES string of the molecule is COC(=O)C(Cc1cn(CCCc2cc(-c3cccc(C)c3)no2)c2ccccc12)NC(C)=O.S. The number of carbonyl (C=O) groups is 2. The van der Waals surface area contributed by atoms with Gasteiger partial charge in [0.25, 0.3) is 0 Å². The molecule has 0 fully saturated rings. The Morgan fingerprint density at radius 1 is 1.14 bits per heavy atom. The topological polar surface area (TPSA) is 86.4 Å². The zero-order valence-corrected chi connectivity index (χ0v) is 21.2. The van der Waals surface area contributed by atoms with Crippen LogP contribution in [-0.4, -0.2) is 34.8 Å². The van der Waals surface area contributed by atoms with Crippen LogP contribution in [0.4, 0.5) is 0 Å². The zero-order valence-electron chi connectivity index (χ0n) is 20.2. The minimum Gasteiger partial charge on any atom is -0.467 e. The standard InChI is InChI=1S/C27H29N3O4.H2S/c1-18-8-6-9-20(14-18)24-16-22(34-29-24)10-7-13-30-17-21(23-11-4-5-12-26(23)30)15-25(27(32)33-3)28-19(2)31;/h4-6,8-9,11-12,14,16-17,25H,7,10,13,15H2,1-3H3,(H,28,31);1H2. The summed E-state index contributed by atoms with van der Waals surface area (Å²) in [4.78, 5) is 23.8. The van der Waals surface area contributed by atoms with Gasteiger partial charge in [-0.25, -0.2) is 4.79 Å². The molecule has 2 aromatic carbocycles. The lowest BCUT2D eigenvalue weighted by atomic mass is 10.1. The first-order valence-electron chi connectivity index (χ1n) is 11.4. The average Bonchev–Trinajstić information content (AvgIpc) is 3.43. The number of nitrogens with one attached hydrogen (secondary N) is 1. The highest BCUT2D eigenvalue weighted by atomic mass is 32.1. The van der Waals surface area contributed by atoms with Crippen molar-refractivity contribution in [2.75, 3.05) is 7.11 Å². The summed E-state index contributed by atoms with van der Waals surface area (Å²) in [7, 11) is 1.33. The van der Waals surface area contributed by atoms with Crippen LogP contribution >= 0.6 is 13.5 Å². The van der Waals surface area contributed by atoms with E-state index in [0.717, 1.165) is 52.9 Å². The molecule has 4 aromatic rings. The molecule has 35 heavy (non-hydrogen) atoms. The smallest absolute Gasteiger partial charge is 0.328 e. The highest BCUT2D eigenvalue weighted by Gasteiger charge is 2.22. The van der Waals surface area contributed by atoms with Gasteiger partial charge in [0.1, 0.15) is 17.5 Å². The summed E-state index contributed by atoms with van der Waals surface area (Å²) in [6.45, 7) is 4.24. The van der Waals surface area contributed by atoms with Crippen molar-refractivity contribution in [2.45, 2.75) is 45.7 Å². The van der Waals surface area contributed by atoms with Crippen molar-refractivity contribution in [1.82, 2.24) is 15.0 Å². The Balaban J connectivity index is 0.00000342. The molecule has 8 heteroatoms. The quantitative estimate of drug-likeness (QED) is 0.345. The van der Waals surface area contributed by atoms with Gasteiger partial charge in [-0.3, -0.25) is 4.79 Å². The highest BCUT2D eigenvalue weighted by molar-refractivity contribution is 7.59. The number of rotatable bonds is 9. The maximum absolute atomic E-state index is 12.2. The van der Waals surface area contributed by atoms with Crippen molar-refractivity contribution < 1.29 is 18.8 Å². The van der Waals surface area contributed by atoms with Crippen LogP contribution in [0.15, 0.2) is 65.3 Å². The van der Waals surface area contributed by atoms with Crippen LogP contribution in [0, 0.1) is 6.92 Å². The number of para-hydroxylation sites is 1. The van der Waals surface area contributed by atoms with Crippen molar-refractivity contribution in [3.05, 3.63) is 77.7 Å². The Morgan fingerprint density at radius 3 is 2.69 bits per heavy atom. The lowest BCUT2D eigenvalue weighted by Crippen LogP contribution is -2.41. The number of benzene rings is 2. The molecule has 1 unspecified atom stereocenters. The maximum Gasteiger partial charge on any atom is 0.328 e. The molecule has 0 aliphatic heterocycles. The second kappa shape index (κ2) is 11.8. The van der Waals surface area contributed by atoms with Gasteiger partial charge in [0, 0.05) is 55.0 Å². The van der Waals surface area contributed by atoms with Crippen molar-refractivity contribution in [2.24, 2.45) is 0 Å². The fraction of sp³-hybridized carbons (Fsp3) is 0.296. The summed E-state index contributed by atoms with van der Waals surface area (Å²) < 4.78 is 12.6. The number of ether oxygens (including phenoxy) is 1. The number of aromatic nitrogens is 2. The van der Waals surface area contributed by atoms with Crippen LogP contribution in [0.1, 0.15) is 30.2 Å². The van der Waals surface area contributed by atoms with Crippen molar-refractivity contribution in [3.8, 4) is 11.3 Å².